The first kappa shape index (κ1) is 12.8. The van der Waals surface area contributed by atoms with Gasteiger partial charge in [0.25, 0.3) is 5.91 Å². The van der Waals surface area contributed by atoms with Gasteiger partial charge in [-0.25, -0.2) is 4.39 Å². The molecular formula is C12H13FINO2. The third kappa shape index (κ3) is 2.95. The zero-order valence-corrected chi connectivity index (χ0v) is 11.3. The Labute approximate surface area is 113 Å². The van der Waals surface area contributed by atoms with Crippen molar-refractivity contribution >= 4 is 28.5 Å². The highest BCUT2D eigenvalue weighted by Crippen LogP contribution is 2.44. The summed E-state index contributed by atoms with van der Waals surface area (Å²) in [5.74, 6) is -0.679. The molecule has 2 rings (SSSR count). The van der Waals surface area contributed by atoms with Gasteiger partial charge in [0.1, 0.15) is 5.82 Å². The van der Waals surface area contributed by atoms with Gasteiger partial charge in [0.05, 0.1) is 6.61 Å². The predicted molar refractivity (Wildman–Crippen MR) is 70.2 cm³/mol. The third-order valence-corrected chi connectivity index (χ3v) is 3.97. The average Bonchev–Trinajstić information content (AvgIpc) is 3.10. The number of aliphatic hydroxyl groups is 1. The molecule has 3 nitrogen and oxygen atoms in total. The van der Waals surface area contributed by atoms with E-state index in [1.165, 1.54) is 6.07 Å². The van der Waals surface area contributed by atoms with Gasteiger partial charge in [0.2, 0.25) is 0 Å². The summed E-state index contributed by atoms with van der Waals surface area (Å²) < 4.78 is 13.8. The van der Waals surface area contributed by atoms with Crippen molar-refractivity contribution in [3.63, 3.8) is 0 Å². The van der Waals surface area contributed by atoms with E-state index in [-0.39, 0.29) is 23.7 Å². The highest BCUT2D eigenvalue weighted by Gasteiger charge is 2.42. The van der Waals surface area contributed by atoms with Gasteiger partial charge in [-0.3, -0.25) is 4.79 Å². The van der Waals surface area contributed by atoms with E-state index < -0.39 is 0 Å². The van der Waals surface area contributed by atoms with Crippen LogP contribution in [-0.2, 0) is 0 Å². The van der Waals surface area contributed by atoms with Gasteiger partial charge in [-0.2, -0.15) is 0 Å². The van der Waals surface area contributed by atoms with Crippen LogP contribution >= 0.6 is 22.6 Å². The fourth-order valence-corrected chi connectivity index (χ4v) is 1.91. The van der Waals surface area contributed by atoms with Gasteiger partial charge in [-0.15, -0.1) is 0 Å². The summed E-state index contributed by atoms with van der Waals surface area (Å²) in [7, 11) is 0. The first-order valence-corrected chi connectivity index (χ1v) is 6.48. The van der Waals surface area contributed by atoms with Crippen LogP contribution in [-0.4, -0.2) is 24.2 Å². The Kier molecular flexibility index (Phi) is 3.67. The molecule has 1 amide bonds. The summed E-state index contributed by atoms with van der Waals surface area (Å²) in [6, 6.07) is 4.40. The number of carbonyl (C=O) groups excluding carboxylic acids is 1. The molecule has 0 atom stereocenters. The first-order chi connectivity index (χ1) is 8.06. The Bertz CT molecular complexity index is 446. The maximum Gasteiger partial charge on any atom is 0.251 e. The Morgan fingerprint density at radius 2 is 2.24 bits per heavy atom. The summed E-state index contributed by atoms with van der Waals surface area (Å²) in [6.07, 6.45) is 1.87. The number of carbonyl (C=O) groups is 1. The van der Waals surface area contributed by atoms with Crippen LogP contribution in [0.1, 0.15) is 23.2 Å². The quantitative estimate of drug-likeness (QED) is 0.817. The molecule has 1 aliphatic rings. The number of hydrogen-bond acceptors (Lipinski definition) is 2. The minimum absolute atomic E-state index is 0.0916. The Hall–Kier alpha value is -0.690. The monoisotopic (exact) mass is 349 g/mol. The molecule has 0 unspecified atom stereocenters. The fraction of sp³-hybridized carbons (Fsp3) is 0.417. The summed E-state index contributed by atoms with van der Waals surface area (Å²) >= 11 is 1.87. The van der Waals surface area contributed by atoms with Crippen LogP contribution in [0.3, 0.4) is 0 Å². The van der Waals surface area contributed by atoms with Crippen molar-refractivity contribution in [2.45, 2.75) is 12.8 Å². The number of nitrogens with one attached hydrogen (secondary N) is 1. The maximum atomic E-state index is 13.3. The number of hydrogen-bond donors (Lipinski definition) is 2. The zero-order valence-electron chi connectivity index (χ0n) is 9.17. The second-order valence-electron chi connectivity index (χ2n) is 4.47. The molecule has 1 aromatic rings. The van der Waals surface area contributed by atoms with Gasteiger partial charge in [-0.05, 0) is 53.6 Å². The molecule has 1 fully saturated rings. The van der Waals surface area contributed by atoms with Crippen molar-refractivity contribution in [1.29, 1.82) is 0 Å². The smallest absolute Gasteiger partial charge is 0.251 e. The van der Waals surface area contributed by atoms with Crippen LogP contribution < -0.4 is 5.32 Å². The van der Waals surface area contributed by atoms with Crippen LogP contribution in [0.2, 0.25) is 0 Å². The van der Waals surface area contributed by atoms with Gasteiger partial charge < -0.3 is 10.4 Å². The summed E-state index contributed by atoms with van der Waals surface area (Å²) in [4.78, 5) is 11.7. The molecule has 0 heterocycles. The van der Waals surface area contributed by atoms with E-state index in [4.69, 9.17) is 5.11 Å². The predicted octanol–water partition coefficient (Wildman–Crippen LogP) is 1.93. The lowest BCUT2D eigenvalue weighted by Gasteiger charge is -2.12. The molecular weight excluding hydrogens is 336 g/mol. The van der Waals surface area contributed by atoms with Gasteiger partial charge in [0.15, 0.2) is 0 Å². The number of amides is 1. The fourth-order valence-electron chi connectivity index (χ4n) is 1.57. The van der Waals surface area contributed by atoms with Crippen LogP contribution in [0.5, 0.6) is 0 Å². The van der Waals surface area contributed by atoms with Crippen molar-refractivity contribution in [2.24, 2.45) is 5.41 Å². The van der Waals surface area contributed by atoms with E-state index in [0.717, 1.165) is 12.8 Å². The van der Waals surface area contributed by atoms with Gasteiger partial charge >= 0.3 is 0 Å². The summed E-state index contributed by atoms with van der Waals surface area (Å²) in [5, 5.41) is 11.8. The minimum Gasteiger partial charge on any atom is -0.396 e. The minimum atomic E-state index is -0.387. The van der Waals surface area contributed by atoms with Crippen molar-refractivity contribution in [2.75, 3.05) is 13.2 Å². The standard InChI is InChI=1S/C12H13FINO2/c13-9-5-8(1-2-10(9)14)11(17)15-6-12(7-16)3-4-12/h1-2,5,16H,3-4,6-7H2,(H,15,17). The van der Waals surface area contributed by atoms with E-state index in [9.17, 15) is 9.18 Å². The lowest BCUT2D eigenvalue weighted by atomic mass is 10.1. The van der Waals surface area contributed by atoms with Crippen LogP contribution in [0, 0.1) is 14.8 Å². The molecule has 0 saturated heterocycles. The van der Waals surface area contributed by atoms with E-state index in [0.29, 0.717) is 15.7 Å². The second-order valence-corrected chi connectivity index (χ2v) is 5.63. The summed E-state index contributed by atoms with van der Waals surface area (Å²) in [5.41, 5.74) is 0.189. The van der Waals surface area contributed by atoms with Crippen LogP contribution in [0.4, 0.5) is 4.39 Å². The highest BCUT2D eigenvalue weighted by molar-refractivity contribution is 14.1. The molecule has 0 radical (unpaired) electrons. The topological polar surface area (TPSA) is 49.3 Å². The first-order valence-electron chi connectivity index (χ1n) is 5.40. The largest absolute Gasteiger partial charge is 0.396 e. The molecule has 0 spiro atoms. The zero-order chi connectivity index (χ0) is 12.5. The summed E-state index contributed by atoms with van der Waals surface area (Å²) in [6.45, 7) is 0.546. The lowest BCUT2D eigenvalue weighted by Crippen LogP contribution is -2.31. The van der Waals surface area contributed by atoms with Crippen LogP contribution in [0.15, 0.2) is 18.2 Å². The number of halogens is 2. The third-order valence-electron chi connectivity index (χ3n) is 3.10. The molecule has 0 bridgehead atoms. The van der Waals surface area contributed by atoms with Gasteiger partial charge in [-0.1, -0.05) is 0 Å². The molecule has 5 heteroatoms. The van der Waals surface area contributed by atoms with E-state index in [1.54, 1.807) is 12.1 Å². The highest BCUT2D eigenvalue weighted by atomic mass is 127. The van der Waals surface area contributed by atoms with Crippen LogP contribution in [0.25, 0.3) is 0 Å². The lowest BCUT2D eigenvalue weighted by molar-refractivity contribution is 0.0934. The molecule has 92 valence electrons. The molecule has 0 aromatic heterocycles. The normalized spacial score (nSPS) is 16.6. The Morgan fingerprint density at radius 1 is 1.53 bits per heavy atom. The second kappa shape index (κ2) is 4.89. The van der Waals surface area contributed by atoms with E-state index >= 15 is 0 Å². The number of aliphatic hydroxyl groups excluding tert-OH is 1. The van der Waals surface area contributed by atoms with E-state index in [1.807, 2.05) is 22.6 Å². The molecule has 1 aliphatic carbocycles. The molecule has 17 heavy (non-hydrogen) atoms. The molecule has 1 saturated carbocycles. The maximum absolute atomic E-state index is 13.3. The molecule has 0 aliphatic heterocycles. The Balaban J connectivity index is 1.97. The van der Waals surface area contributed by atoms with Crippen molar-refractivity contribution in [3.8, 4) is 0 Å². The average molecular weight is 349 g/mol. The van der Waals surface area contributed by atoms with Crippen molar-refractivity contribution in [1.82, 2.24) is 5.32 Å². The molecule has 2 N–H and O–H groups in total. The SMILES string of the molecule is O=C(NCC1(CO)CC1)c1ccc(I)c(F)c1. The van der Waals surface area contributed by atoms with Gasteiger partial charge in [0, 0.05) is 21.1 Å². The van der Waals surface area contributed by atoms with Crippen molar-refractivity contribution in [3.05, 3.63) is 33.1 Å². The van der Waals surface area contributed by atoms with E-state index in [2.05, 4.69) is 5.32 Å². The molecule has 1 aromatic carbocycles. The van der Waals surface area contributed by atoms with Crippen molar-refractivity contribution < 1.29 is 14.3 Å². The Morgan fingerprint density at radius 3 is 2.76 bits per heavy atom. The number of benzene rings is 1. The number of rotatable bonds is 4.